The predicted octanol–water partition coefficient (Wildman–Crippen LogP) is -6.66. The van der Waals surface area contributed by atoms with E-state index in [1.54, 1.807) is 0 Å². The molecule has 0 amide bonds. The maximum Gasteiger partial charge on any atom is 0.187 e. The third-order valence-corrected chi connectivity index (χ3v) is 8.00. The van der Waals surface area contributed by atoms with Crippen LogP contribution in [0, 0.1) is 0 Å². The molecule has 18 heteroatoms. The number of ether oxygens (including phenoxy) is 7. The first-order valence-corrected chi connectivity index (χ1v) is 13.7. The van der Waals surface area contributed by atoms with Gasteiger partial charge in [-0.15, -0.1) is 0 Å². The Morgan fingerprint density at radius 1 is 0.500 bits per heavy atom. The molecule has 0 radical (unpaired) electrons. The van der Waals surface area contributed by atoms with Crippen LogP contribution in [0.15, 0.2) is 0 Å². The lowest BCUT2D eigenvalue weighted by Gasteiger charge is -2.48. The molecule has 4 aliphatic heterocycles. The molecule has 11 N–H and O–H groups in total. The van der Waals surface area contributed by atoms with Gasteiger partial charge in [-0.3, -0.25) is 0 Å². The van der Waals surface area contributed by atoms with E-state index < -0.39 is 130 Å². The summed E-state index contributed by atoms with van der Waals surface area (Å²) in [4.78, 5) is 0. The number of rotatable bonds is 8. The molecule has 19 atom stereocenters. The molecule has 4 fully saturated rings. The van der Waals surface area contributed by atoms with E-state index in [0.29, 0.717) is 0 Å². The fourth-order valence-corrected chi connectivity index (χ4v) is 5.39. The highest BCUT2D eigenvalue weighted by Gasteiger charge is 2.53. The van der Waals surface area contributed by atoms with E-state index in [1.165, 1.54) is 13.8 Å². The molecule has 0 aromatic heterocycles. The normalized spacial score (nSPS) is 54.1. The van der Waals surface area contributed by atoms with Crippen LogP contribution in [-0.2, 0) is 33.2 Å². The van der Waals surface area contributed by atoms with Crippen LogP contribution in [-0.4, -0.2) is 186 Å². The van der Waals surface area contributed by atoms with Crippen molar-refractivity contribution in [2.75, 3.05) is 13.2 Å². The SMILES string of the molecule is C[C@@H]1O[C@@H](O[C@H]2[C@@H](O)[C@@H](CO)OC(O)[C@@H]2O)[C@H](O)[C@H](O)[C@H]1O[C@H]1O[C@H](CO)[C@@H](O)[C@H](O[C@H]2O[C@H](C)[C@@H](O)C[C@H]2O)[C@@H]1O. The monoisotopic (exact) mass is 618 g/mol. The van der Waals surface area contributed by atoms with Gasteiger partial charge < -0.3 is 89.3 Å². The molecule has 0 spiro atoms. The van der Waals surface area contributed by atoms with Gasteiger partial charge in [0, 0.05) is 6.42 Å². The van der Waals surface area contributed by atoms with Crippen molar-refractivity contribution < 1.29 is 89.3 Å². The molecule has 246 valence electrons. The third kappa shape index (κ3) is 6.91. The molecule has 4 heterocycles. The van der Waals surface area contributed by atoms with Crippen LogP contribution in [0.3, 0.4) is 0 Å². The molecule has 0 bridgehead atoms. The molecule has 0 aromatic carbocycles. The Balaban J connectivity index is 1.43. The first-order chi connectivity index (χ1) is 19.8. The van der Waals surface area contributed by atoms with Crippen molar-refractivity contribution in [3.05, 3.63) is 0 Å². The van der Waals surface area contributed by atoms with Gasteiger partial charge in [-0.05, 0) is 13.8 Å². The summed E-state index contributed by atoms with van der Waals surface area (Å²) >= 11 is 0. The summed E-state index contributed by atoms with van der Waals surface area (Å²) in [7, 11) is 0. The van der Waals surface area contributed by atoms with Gasteiger partial charge >= 0.3 is 0 Å². The first-order valence-electron chi connectivity index (χ1n) is 13.7. The first kappa shape index (κ1) is 34.2. The van der Waals surface area contributed by atoms with Crippen LogP contribution in [0.25, 0.3) is 0 Å². The van der Waals surface area contributed by atoms with Crippen molar-refractivity contribution in [1.29, 1.82) is 0 Å². The lowest BCUT2D eigenvalue weighted by molar-refractivity contribution is -0.383. The summed E-state index contributed by atoms with van der Waals surface area (Å²) in [6, 6.07) is 0. The molecule has 0 saturated carbocycles. The number of hydrogen-bond acceptors (Lipinski definition) is 18. The smallest absolute Gasteiger partial charge is 0.187 e. The van der Waals surface area contributed by atoms with Gasteiger partial charge in [0.15, 0.2) is 25.2 Å². The standard InChI is InChI=1S/C24H42O18/c1-6-8(27)3-9(28)22(36-6)41-20-13(30)11(5-26)39-24(17(20)34)40-18-7(2)37-23(15(32)14(18)31)42-19-12(29)10(4-25)38-21(35)16(19)33/h6-35H,3-5H2,1-2H3/t6-,7+,8+,9-,10-,11-,12+,13-,14+,15-,16-,17+,18+,19+,20+,21?,22-,23+,24-/m1/s1. The highest BCUT2D eigenvalue weighted by Crippen LogP contribution is 2.33. The maximum absolute atomic E-state index is 11.0. The predicted molar refractivity (Wildman–Crippen MR) is 130 cm³/mol. The van der Waals surface area contributed by atoms with E-state index in [9.17, 15) is 56.2 Å². The van der Waals surface area contributed by atoms with Gasteiger partial charge in [0.05, 0.1) is 31.5 Å². The van der Waals surface area contributed by atoms with Crippen LogP contribution in [0.5, 0.6) is 0 Å². The molecule has 42 heavy (non-hydrogen) atoms. The summed E-state index contributed by atoms with van der Waals surface area (Å²) in [5, 5.41) is 113. The highest BCUT2D eigenvalue weighted by molar-refractivity contribution is 4.96. The Hall–Kier alpha value is -0.720. The quantitative estimate of drug-likeness (QED) is 0.120. The zero-order chi connectivity index (χ0) is 31.0. The van der Waals surface area contributed by atoms with Crippen molar-refractivity contribution >= 4 is 0 Å². The van der Waals surface area contributed by atoms with Crippen LogP contribution in [0.1, 0.15) is 20.3 Å². The lowest BCUT2D eigenvalue weighted by Crippen LogP contribution is -2.66. The van der Waals surface area contributed by atoms with Crippen molar-refractivity contribution in [3.63, 3.8) is 0 Å². The van der Waals surface area contributed by atoms with Gasteiger partial charge in [0.25, 0.3) is 0 Å². The summed E-state index contributed by atoms with van der Waals surface area (Å²) in [6.45, 7) is 1.47. The van der Waals surface area contributed by atoms with E-state index in [-0.39, 0.29) is 6.42 Å². The molecule has 4 aliphatic rings. The second-order valence-electron chi connectivity index (χ2n) is 11.0. The van der Waals surface area contributed by atoms with Gasteiger partial charge in [-0.1, -0.05) is 0 Å². The minimum atomic E-state index is -1.87. The molecule has 0 aromatic rings. The van der Waals surface area contributed by atoms with Gasteiger partial charge in [0.1, 0.15) is 73.2 Å². The minimum Gasteiger partial charge on any atom is -0.394 e. The highest BCUT2D eigenvalue weighted by atomic mass is 16.8. The summed E-state index contributed by atoms with van der Waals surface area (Å²) in [5.74, 6) is 0. The fraction of sp³-hybridized carbons (Fsp3) is 1.00. The molecular weight excluding hydrogens is 576 g/mol. The minimum absolute atomic E-state index is 0.101. The van der Waals surface area contributed by atoms with Crippen LogP contribution < -0.4 is 0 Å². The van der Waals surface area contributed by atoms with E-state index in [0.717, 1.165) is 0 Å². The summed E-state index contributed by atoms with van der Waals surface area (Å²) < 4.78 is 38.3. The molecule has 1 unspecified atom stereocenters. The van der Waals surface area contributed by atoms with Gasteiger partial charge in [-0.25, -0.2) is 0 Å². The van der Waals surface area contributed by atoms with E-state index >= 15 is 0 Å². The van der Waals surface area contributed by atoms with Gasteiger partial charge in [-0.2, -0.15) is 0 Å². The second-order valence-corrected chi connectivity index (χ2v) is 11.0. The van der Waals surface area contributed by atoms with Crippen LogP contribution in [0.2, 0.25) is 0 Å². The average molecular weight is 619 g/mol. The zero-order valence-corrected chi connectivity index (χ0v) is 22.9. The summed E-state index contributed by atoms with van der Waals surface area (Å²) in [5.41, 5.74) is 0. The summed E-state index contributed by atoms with van der Waals surface area (Å²) in [6.07, 6.45) is -28.5. The Labute approximate surface area is 240 Å². The lowest BCUT2D eigenvalue weighted by atomic mass is 9.96. The molecule has 18 nitrogen and oxygen atoms in total. The van der Waals surface area contributed by atoms with Crippen LogP contribution >= 0.6 is 0 Å². The molecular formula is C24H42O18. The Bertz CT molecular complexity index is 854. The maximum atomic E-state index is 11.0. The number of hydrogen-bond donors (Lipinski definition) is 11. The zero-order valence-electron chi connectivity index (χ0n) is 22.9. The Morgan fingerprint density at radius 3 is 1.62 bits per heavy atom. The topological polar surface area (TPSA) is 287 Å². The van der Waals surface area contributed by atoms with Crippen molar-refractivity contribution in [2.24, 2.45) is 0 Å². The fourth-order valence-electron chi connectivity index (χ4n) is 5.39. The van der Waals surface area contributed by atoms with Gasteiger partial charge in [0.2, 0.25) is 0 Å². The second kappa shape index (κ2) is 14.1. The Morgan fingerprint density at radius 2 is 1.00 bits per heavy atom. The number of aliphatic hydroxyl groups excluding tert-OH is 11. The third-order valence-electron chi connectivity index (χ3n) is 8.00. The molecule has 4 rings (SSSR count). The van der Waals surface area contributed by atoms with E-state index in [4.69, 9.17) is 33.2 Å². The van der Waals surface area contributed by atoms with Crippen molar-refractivity contribution in [3.8, 4) is 0 Å². The molecule has 0 aliphatic carbocycles. The largest absolute Gasteiger partial charge is 0.394 e. The molecule has 4 saturated heterocycles. The van der Waals surface area contributed by atoms with E-state index in [1.807, 2.05) is 0 Å². The van der Waals surface area contributed by atoms with E-state index in [2.05, 4.69) is 0 Å². The van der Waals surface area contributed by atoms with Crippen molar-refractivity contribution in [2.45, 2.75) is 137 Å². The van der Waals surface area contributed by atoms with Crippen molar-refractivity contribution in [1.82, 2.24) is 0 Å². The number of aliphatic hydroxyl groups is 11. The van der Waals surface area contributed by atoms with Crippen LogP contribution in [0.4, 0.5) is 0 Å². The Kier molecular flexibility index (Phi) is 11.5. The average Bonchev–Trinajstić information content (AvgIpc) is 2.95.